The van der Waals surface area contributed by atoms with Crippen molar-refractivity contribution in [3.05, 3.63) is 34.6 Å². The monoisotopic (exact) mass is 270 g/mol. The number of nitrogens with two attached hydrogens (primary N) is 1. The van der Waals surface area contributed by atoms with Gasteiger partial charge in [0.2, 0.25) is 0 Å². The van der Waals surface area contributed by atoms with Crippen molar-refractivity contribution in [1.82, 2.24) is 4.98 Å². The molecule has 0 saturated carbocycles. The lowest BCUT2D eigenvalue weighted by molar-refractivity contribution is -0.118. The maximum Gasteiger partial charge on any atom is 0.290 e. The number of ketones is 1. The molecule has 6 heteroatoms. The van der Waals surface area contributed by atoms with Crippen LogP contribution in [-0.2, 0) is 4.79 Å². The minimum atomic E-state index is -0.358. The molecule has 0 spiro atoms. The van der Waals surface area contributed by atoms with E-state index in [0.717, 1.165) is 5.39 Å². The number of Topliss-reactive ketones (excluding diaryl/α,β-unsaturated/α-hetero) is 1. The Kier molecular flexibility index (Phi) is 4.33. The van der Waals surface area contributed by atoms with Crippen molar-refractivity contribution >= 4 is 34.8 Å². The van der Waals surface area contributed by atoms with E-state index in [1.807, 2.05) is 0 Å². The standard InChI is InChI=1S/C12H12N2O3.ClH.H2/c1-7(15)6-17-11-5-8-4-9(13)2-3-10(8)14-12(11)16;;/h2-5H,6,13H2,1H3,(H,14,16);2*1H. The molecule has 3 N–H and O–H groups in total. The Bertz CT molecular complexity index is 642. The molecular weight excluding hydrogens is 256 g/mol. The van der Waals surface area contributed by atoms with Crippen molar-refractivity contribution in [2.75, 3.05) is 12.3 Å². The number of nitrogen functional groups attached to an aromatic ring is 1. The van der Waals surface area contributed by atoms with Gasteiger partial charge in [-0.2, -0.15) is 0 Å². The normalized spacial score (nSPS) is 9.83. The number of halogens is 1. The highest BCUT2D eigenvalue weighted by atomic mass is 35.5. The topological polar surface area (TPSA) is 85.2 Å². The van der Waals surface area contributed by atoms with Gasteiger partial charge in [-0.05, 0) is 31.2 Å². The third-order valence-corrected chi connectivity index (χ3v) is 2.27. The molecule has 0 aliphatic rings. The number of nitrogens with one attached hydrogen (secondary N) is 1. The van der Waals surface area contributed by atoms with Crippen LogP contribution >= 0.6 is 12.4 Å². The number of benzene rings is 1. The molecule has 0 amide bonds. The minimum Gasteiger partial charge on any atom is -0.480 e. The zero-order valence-corrected chi connectivity index (χ0v) is 10.5. The summed E-state index contributed by atoms with van der Waals surface area (Å²) in [6, 6.07) is 6.73. The number of carbonyl (C=O) groups is 1. The SMILES string of the molecule is CC(=O)COc1cc2cc(N)ccc2[nH]c1=O.Cl.[HH]. The van der Waals surface area contributed by atoms with Gasteiger partial charge in [-0.1, -0.05) is 0 Å². The summed E-state index contributed by atoms with van der Waals surface area (Å²) in [4.78, 5) is 25.1. The van der Waals surface area contributed by atoms with Crippen LogP contribution in [0.2, 0.25) is 0 Å². The van der Waals surface area contributed by atoms with Crippen LogP contribution in [0.25, 0.3) is 10.9 Å². The van der Waals surface area contributed by atoms with Crippen molar-refractivity contribution in [2.45, 2.75) is 6.92 Å². The summed E-state index contributed by atoms with van der Waals surface area (Å²) in [6.45, 7) is 1.28. The van der Waals surface area contributed by atoms with Crippen LogP contribution in [0.3, 0.4) is 0 Å². The van der Waals surface area contributed by atoms with Crippen molar-refractivity contribution in [2.24, 2.45) is 0 Å². The van der Waals surface area contributed by atoms with Crippen LogP contribution in [0.5, 0.6) is 5.75 Å². The first-order chi connectivity index (χ1) is 8.06. The maximum absolute atomic E-state index is 11.6. The fourth-order valence-corrected chi connectivity index (χ4v) is 1.49. The van der Waals surface area contributed by atoms with Crippen molar-refractivity contribution in [3.63, 3.8) is 0 Å². The summed E-state index contributed by atoms with van der Waals surface area (Å²) < 4.78 is 5.11. The Morgan fingerprint density at radius 2 is 2.17 bits per heavy atom. The van der Waals surface area contributed by atoms with Crippen molar-refractivity contribution in [1.29, 1.82) is 0 Å². The van der Waals surface area contributed by atoms with Gasteiger partial charge < -0.3 is 15.5 Å². The highest BCUT2D eigenvalue weighted by Gasteiger charge is 2.05. The zero-order valence-electron chi connectivity index (χ0n) is 9.73. The van der Waals surface area contributed by atoms with Crippen LogP contribution < -0.4 is 16.0 Å². The fourth-order valence-electron chi connectivity index (χ4n) is 1.49. The number of aromatic nitrogens is 1. The molecule has 0 saturated heterocycles. The van der Waals surface area contributed by atoms with Gasteiger partial charge in [-0.25, -0.2) is 0 Å². The average molecular weight is 271 g/mol. The Morgan fingerprint density at radius 3 is 2.83 bits per heavy atom. The van der Waals surface area contributed by atoms with E-state index in [0.29, 0.717) is 11.2 Å². The van der Waals surface area contributed by atoms with Crippen LogP contribution in [0, 0.1) is 0 Å². The van der Waals surface area contributed by atoms with E-state index in [9.17, 15) is 9.59 Å². The van der Waals surface area contributed by atoms with Gasteiger partial charge in [0.1, 0.15) is 6.61 Å². The highest BCUT2D eigenvalue weighted by molar-refractivity contribution is 5.85. The van der Waals surface area contributed by atoms with E-state index in [-0.39, 0.29) is 37.5 Å². The minimum absolute atomic E-state index is 0. The predicted octanol–water partition coefficient (Wildman–Crippen LogP) is 1.75. The summed E-state index contributed by atoms with van der Waals surface area (Å²) in [5, 5.41) is 0.767. The number of fused-ring (bicyclic) bond motifs is 1. The number of ether oxygens (including phenoxy) is 1. The molecule has 1 aromatic heterocycles. The summed E-state index contributed by atoms with van der Waals surface area (Å²) in [5.74, 6) is -0.0182. The van der Waals surface area contributed by atoms with Crippen LogP contribution in [0.15, 0.2) is 29.1 Å². The zero-order chi connectivity index (χ0) is 12.4. The second-order valence-electron chi connectivity index (χ2n) is 3.80. The van der Waals surface area contributed by atoms with Gasteiger partial charge >= 0.3 is 0 Å². The number of aromatic amines is 1. The van der Waals surface area contributed by atoms with Gasteiger partial charge in [-0.15, -0.1) is 12.4 Å². The summed E-state index contributed by atoms with van der Waals surface area (Å²) in [6.07, 6.45) is 0. The lowest BCUT2D eigenvalue weighted by Gasteiger charge is -2.05. The first-order valence-electron chi connectivity index (χ1n) is 5.11. The fraction of sp³-hybridized carbons (Fsp3) is 0.167. The number of anilines is 1. The van der Waals surface area contributed by atoms with E-state index >= 15 is 0 Å². The van der Waals surface area contributed by atoms with Crippen LogP contribution in [0.1, 0.15) is 8.35 Å². The molecule has 0 atom stereocenters. The smallest absolute Gasteiger partial charge is 0.290 e. The van der Waals surface area contributed by atoms with E-state index in [2.05, 4.69) is 4.98 Å². The van der Waals surface area contributed by atoms with Gasteiger partial charge in [-0.3, -0.25) is 9.59 Å². The van der Waals surface area contributed by atoms with Gasteiger partial charge in [0, 0.05) is 18.0 Å². The molecule has 18 heavy (non-hydrogen) atoms. The molecule has 0 fully saturated rings. The maximum atomic E-state index is 11.6. The molecule has 5 nitrogen and oxygen atoms in total. The summed E-state index contributed by atoms with van der Waals surface area (Å²) in [5.41, 5.74) is 6.57. The molecule has 2 rings (SSSR count). The second-order valence-corrected chi connectivity index (χ2v) is 3.80. The molecule has 0 aliphatic heterocycles. The molecule has 1 heterocycles. The lowest BCUT2D eigenvalue weighted by Crippen LogP contribution is -2.15. The third kappa shape index (κ3) is 3.01. The number of H-pyrrole nitrogens is 1. The molecule has 2 aromatic rings. The average Bonchev–Trinajstić information content (AvgIpc) is 2.26. The Balaban J connectivity index is 0.00000162. The molecular formula is C12H15ClN2O3. The Labute approximate surface area is 111 Å². The van der Waals surface area contributed by atoms with Crippen molar-refractivity contribution in [3.8, 4) is 5.75 Å². The van der Waals surface area contributed by atoms with Crippen molar-refractivity contribution < 1.29 is 11.0 Å². The molecule has 0 unspecified atom stereocenters. The second kappa shape index (κ2) is 5.55. The van der Waals surface area contributed by atoms with Gasteiger partial charge in [0.25, 0.3) is 5.56 Å². The first-order valence-corrected chi connectivity index (χ1v) is 5.11. The largest absolute Gasteiger partial charge is 0.480 e. The molecule has 0 bridgehead atoms. The van der Waals surface area contributed by atoms with Gasteiger partial charge in [0.15, 0.2) is 11.5 Å². The van der Waals surface area contributed by atoms with E-state index in [1.165, 1.54) is 6.92 Å². The van der Waals surface area contributed by atoms with E-state index in [1.54, 1.807) is 24.3 Å². The van der Waals surface area contributed by atoms with Gasteiger partial charge in [0.05, 0.1) is 0 Å². The Hall–Kier alpha value is -2.01. The summed E-state index contributed by atoms with van der Waals surface area (Å²) >= 11 is 0. The first kappa shape index (κ1) is 14.1. The van der Waals surface area contributed by atoms with Crippen LogP contribution in [-0.4, -0.2) is 17.4 Å². The van der Waals surface area contributed by atoms with E-state index < -0.39 is 0 Å². The van der Waals surface area contributed by atoms with E-state index in [4.69, 9.17) is 10.5 Å². The number of pyridine rings is 1. The number of carbonyl (C=O) groups excluding carboxylic acids is 1. The quantitative estimate of drug-likeness (QED) is 0.832. The predicted molar refractivity (Wildman–Crippen MR) is 74.5 cm³/mol. The third-order valence-electron chi connectivity index (χ3n) is 2.27. The highest BCUT2D eigenvalue weighted by Crippen LogP contribution is 2.17. The number of hydrogen-bond acceptors (Lipinski definition) is 4. The molecule has 0 aliphatic carbocycles. The number of hydrogen-bond donors (Lipinski definition) is 2. The molecule has 98 valence electrons. The number of rotatable bonds is 3. The van der Waals surface area contributed by atoms with Crippen LogP contribution in [0.4, 0.5) is 5.69 Å². The summed E-state index contributed by atoms with van der Waals surface area (Å²) in [7, 11) is 0. The Morgan fingerprint density at radius 1 is 1.44 bits per heavy atom. The molecule has 1 aromatic carbocycles. The molecule has 0 radical (unpaired) electrons. The lowest BCUT2D eigenvalue weighted by atomic mass is 10.2.